The van der Waals surface area contributed by atoms with Crippen LogP contribution in [0.4, 0.5) is 5.69 Å². The predicted molar refractivity (Wildman–Crippen MR) is 91.9 cm³/mol. The van der Waals surface area contributed by atoms with Crippen molar-refractivity contribution >= 4 is 11.6 Å². The molecule has 2 heterocycles. The predicted octanol–water partition coefficient (Wildman–Crippen LogP) is 2.69. The zero-order valence-corrected chi connectivity index (χ0v) is 13.7. The first-order valence-electron chi connectivity index (χ1n) is 8.21. The average molecular weight is 324 g/mol. The number of rotatable bonds is 2. The molecular formula is C19H20N2O3. The molecule has 2 aliphatic heterocycles. The summed E-state index contributed by atoms with van der Waals surface area (Å²) in [5, 5.41) is 0. The van der Waals surface area contributed by atoms with Crippen molar-refractivity contribution in [2.45, 2.75) is 6.92 Å². The Morgan fingerprint density at radius 1 is 0.917 bits per heavy atom. The van der Waals surface area contributed by atoms with Gasteiger partial charge in [-0.15, -0.1) is 0 Å². The van der Waals surface area contributed by atoms with E-state index in [1.165, 1.54) is 5.56 Å². The van der Waals surface area contributed by atoms with E-state index in [4.69, 9.17) is 9.47 Å². The third kappa shape index (κ3) is 2.77. The molecule has 0 aliphatic carbocycles. The van der Waals surface area contributed by atoms with Gasteiger partial charge in [-0.2, -0.15) is 0 Å². The summed E-state index contributed by atoms with van der Waals surface area (Å²) in [6.45, 7) is 5.40. The van der Waals surface area contributed by atoms with Crippen LogP contribution < -0.4 is 14.4 Å². The Morgan fingerprint density at radius 3 is 2.38 bits per heavy atom. The highest BCUT2D eigenvalue weighted by Crippen LogP contribution is 2.35. The number of amides is 1. The molecule has 0 atom stereocenters. The van der Waals surface area contributed by atoms with Crippen LogP contribution in [-0.2, 0) is 0 Å². The lowest BCUT2D eigenvalue weighted by Crippen LogP contribution is -2.48. The van der Waals surface area contributed by atoms with Crippen LogP contribution in [0, 0.1) is 6.92 Å². The van der Waals surface area contributed by atoms with Crippen molar-refractivity contribution in [2.24, 2.45) is 0 Å². The third-order valence-electron chi connectivity index (χ3n) is 4.59. The van der Waals surface area contributed by atoms with Gasteiger partial charge in [0.15, 0.2) is 11.5 Å². The van der Waals surface area contributed by atoms with Crippen LogP contribution >= 0.6 is 0 Å². The number of piperazine rings is 1. The third-order valence-corrected chi connectivity index (χ3v) is 4.59. The number of carbonyl (C=O) groups excluding carboxylic acids is 1. The van der Waals surface area contributed by atoms with Crippen molar-refractivity contribution in [3.8, 4) is 11.5 Å². The topological polar surface area (TPSA) is 42.0 Å². The summed E-state index contributed by atoms with van der Waals surface area (Å²) in [7, 11) is 0. The van der Waals surface area contributed by atoms with Crippen molar-refractivity contribution in [1.29, 1.82) is 0 Å². The fourth-order valence-corrected chi connectivity index (χ4v) is 3.13. The number of fused-ring (bicyclic) bond motifs is 1. The number of carbonyl (C=O) groups is 1. The van der Waals surface area contributed by atoms with Crippen molar-refractivity contribution in [3.05, 3.63) is 53.6 Å². The summed E-state index contributed by atoms with van der Waals surface area (Å²) in [5.41, 5.74) is 3.04. The molecule has 4 rings (SSSR count). The van der Waals surface area contributed by atoms with Gasteiger partial charge in [0, 0.05) is 43.5 Å². The number of nitrogens with zero attached hydrogens (tertiary/aromatic N) is 2. The van der Waals surface area contributed by atoms with Crippen molar-refractivity contribution < 1.29 is 14.3 Å². The average Bonchev–Trinajstić information content (AvgIpc) is 3.09. The van der Waals surface area contributed by atoms with Gasteiger partial charge in [-0.3, -0.25) is 4.79 Å². The lowest BCUT2D eigenvalue weighted by atomic mass is 10.1. The fraction of sp³-hybridized carbons (Fsp3) is 0.316. The fourth-order valence-electron chi connectivity index (χ4n) is 3.13. The van der Waals surface area contributed by atoms with E-state index in [9.17, 15) is 4.79 Å². The molecule has 5 nitrogen and oxygen atoms in total. The zero-order valence-electron chi connectivity index (χ0n) is 13.7. The molecule has 0 saturated carbocycles. The Morgan fingerprint density at radius 2 is 1.62 bits per heavy atom. The van der Waals surface area contributed by atoms with Gasteiger partial charge in [0.1, 0.15) is 0 Å². The molecule has 0 radical (unpaired) electrons. The molecule has 124 valence electrons. The first-order chi connectivity index (χ1) is 11.7. The molecule has 0 aromatic heterocycles. The summed E-state index contributed by atoms with van der Waals surface area (Å²) in [5.74, 6) is 1.71. The largest absolute Gasteiger partial charge is 0.454 e. The monoisotopic (exact) mass is 324 g/mol. The summed E-state index contributed by atoms with van der Waals surface area (Å²) in [6.07, 6.45) is 0. The van der Waals surface area contributed by atoms with Gasteiger partial charge in [0.25, 0.3) is 5.91 Å². The van der Waals surface area contributed by atoms with Crippen LogP contribution in [0.2, 0.25) is 0 Å². The molecule has 0 N–H and O–H groups in total. The van der Waals surface area contributed by atoms with Gasteiger partial charge in [-0.1, -0.05) is 17.7 Å². The van der Waals surface area contributed by atoms with Gasteiger partial charge in [0.05, 0.1) is 0 Å². The maximum atomic E-state index is 12.6. The van der Waals surface area contributed by atoms with E-state index in [-0.39, 0.29) is 12.7 Å². The molecular weight excluding hydrogens is 304 g/mol. The number of ether oxygens (including phenoxy) is 2. The number of benzene rings is 2. The lowest BCUT2D eigenvalue weighted by molar-refractivity contribution is 0.0746. The highest BCUT2D eigenvalue weighted by Gasteiger charge is 2.23. The zero-order chi connectivity index (χ0) is 16.5. The highest BCUT2D eigenvalue weighted by atomic mass is 16.7. The van der Waals surface area contributed by atoms with E-state index in [2.05, 4.69) is 4.90 Å². The number of anilines is 1. The van der Waals surface area contributed by atoms with E-state index < -0.39 is 0 Å². The van der Waals surface area contributed by atoms with Gasteiger partial charge in [-0.25, -0.2) is 0 Å². The molecule has 5 heteroatoms. The van der Waals surface area contributed by atoms with Crippen molar-refractivity contribution in [2.75, 3.05) is 37.9 Å². The molecule has 1 saturated heterocycles. The van der Waals surface area contributed by atoms with Crippen LogP contribution in [0.15, 0.2) is 42.5 Å². The summed E-state index contributed by atoms with van der Waals surface area (Å²) in [4.78, 5) is 16.8. The molecule has 1 fully saturated rings. The lowest BCUT2D eigenvalue weighted by Gasteiger charge is -2.36. The Balaban J connectivity index is 1.41. The number of hydrogen-bond acceptors (Lipinski definition) is 4. The first kappa shape index (κ1) is 14.9. The molecule has 0 unspecified atom stereocenters. The van der Waals surface area contributed by atoms with Crippen LogP contribution in [0.5, 0.6) is 11.5 Å². The second-order valence-corrected chi connectivity index (χ2v) is 6.18. The highest BCUT2D eigenvalue weighted by molar-refractivity contribution is 5.94. The Hall–Kier alpha value is -2.69. The Kier molecular flexibility index (Phi) is 3.76. The van der Waals surface area contributed by atoms with E-state index in [0.717, 1.165) is 48.9 Å². The molecule has 1 amide bonds. The normalized spacial score (nSPS) is 16.4. The number of aryl methyl sites for hydroxylation is 1. The van der Waals surface area contributed by atoms with Gasteiger partial charge >= 0.3 is 0 Å². The first-order valence-corrected chi connectivity index (χ1v) is 8.21. The molecule has 2 aromatic carbocycles. The molecule has 0 bridgehead atoms. The van der Waals surface area contributed by atoms with Crippen LogP contribution in [0.3, 0.4) is 0 Å². The minimum absolute atomic E-state index is 0.111. The van der Waals surface area contributed by atoms with Crippen LogP contribution in [-0.4, -0.2) is 43.8 Å². The summed E-state index contributed by atoms with van der Waals surface area (Å²) >= 11 is 0. The summed E-state index contributed by atoms with van der Waals surface area (Å²) in [6, 6.07) is 13.8. The smallest absolute Gasteiger partial charge is 0.253 e. The molecule has 0 spiro atoms. The van der Waals surface area contributed by atoms with Crippen LogP contribution in [0.1, 0.15) is 15.9 Å². The maximum Gasteiger partial charge on any atom is 0.253 e. The van der Waals surface area contributed by atoms with Crippen molar-refractivity contribution in [3.63, 3.8) is 0 Å². The molecule has 2 aliphatic rings. The van der Waals surface area contributed by atoms with Crippen molar-refractivity contribution in [1.82, 2.24) is 4.90 Å². The van der Waals surface area contributed by atoms with Gasteiger partial charge < -0.3 is 19.3 Å². The molecule has 2 aromatic rings. The maximum absolute atomic E-state index is 12.6. The van der Waals surface area contributed by atoms with E-state index in [0.29, 0.717) is 0 Å². The van der Waals surface area contributed by atoms with Gasteiger partial charge in [0.2, 0.25) is 6.79 Å². The second kappa shape index (κ2) is 6.07. The quantitative estimate of drug-likeness (QED) is 0.852. The minimum Gasteiger partial charge on any atom is -0.454 e. The van der Waals surface area contributed by atoms with E-state index in [1.807, 2.05) is 54.3 Å². The van der Waals surface area contributed by atoms with E-state index in [1.54, 1.807) is 0 Å². The number of hydrogen-bond donors (Lipinski definition) is 0. The van der Waals surface area contributed by atoms with Gasteiger partial charge in [-0.05, 0) is 31.2 Å². The SMILES string of the molecule is Cc1ccc(C(=O)N2CCN(c3ccc4c(c3)OCO4)CC2)cc1. The summed E-state index contributed by atoms with van der Waals surface area (Å²) < 4.78 is 10.8. The Bertz CT molecular complexity index is 750. The Labute approximate surface area is 141 Å². The minimum atomic E-state index is 0.111. The van der Waals surface area contributed by atoms with E-state index >= 15 is 0 Å². The second-order valence-electron chi connectivity index (χ2n) is 6.18. The molecule has 24 heavy (non-hydrogen) atoms. The standard InChI is InChI=1S/C19H20N2O3/c1-14-2-4-15(5-3-14)19(22)21-10-8-20(9-11-21)16-6-7-17-18(12-16)24-13-23-17/h2-7,12H,8-11,13H2,1H3. The van der Waals surface area contributed by atoms with Crippen LogP contribution in [0.25, 0.3) is 0 Å².